The van der Waals surface area contributed by atoms with Crippen molar-refractivity contribution < 1.29 is 22.7 Å². The molecule has 7 heteroatoms. The van der Waals surface area contributed by atoms with Gasteiger partial charge < -0.3 is 14.8 Å². The van der Waals surface area contributed by atoms with E-state index >= 15 is 0 Å². The van der Waals surface area contributed by atoms with Crippen LogP contribution in [0, 0.1) is 0 Å². The van der Waals surface area contributed by atoms with E-state index in [0.717, 1.165) is 5.56 Å². The third kappa shape index (κ3) is 5.04. The second kappa shape index (κ2) is 9.59. The number of benzene rings is 2. The summed E-state index contributed by atoms with van der Waals surface area (Å²) in [6.45, 7) is 3.71. The van der Waals surface area contributed by atoms with E-state index in [1.54, 1.807) is 25.3 Å². The molecular formula is C21H27NO5S. The van der Waals surface area contributed by atoms with Crippen LogP contribution >= 0.6 is 0 Å². The molecule has 28 heavy (non-hydrogen) atoms. The average Bonchev–Trinajstić information content (AvgIpc) is 2.69. The Morgan fingerprint density at radius 1 is 1.00 bits per heavy atom. The van der Waals surface area contributed by atoms with Crippen molar-refractivity contribution in [3.05, 3.63) is 48.0 Å². The lowest BCUT2D eigenvalue weighted by Gasteiger charge is -2.16. The molecule has 0 saturated carbocycles. The summed E-state index contributed by atoms with van der Waals surface area (Å²) in [5.74, 6) is 0.859. The number of sulfone groups is 1. The maximum atomic E-state index is 12.8. The Morgan fingerprint density at radius 2 is 1.64 bits per heavy atom. The van der Waals surface area contributed by atoms with Gasteiger partial charge in [0, 0.05) is 0 Å². The molecule has 0 aromatic heterocycles. The highest BCUT2D eigenvalue weighted by Gasteiger charge is 2.25. The molecule has 0 unspecified atom stereocenters. The van der Waals surface area contributed by atoms with Gasteiger partial charge in [0.05, 0.1) is 36.5 Å². The lowest BCUT2D eigenvalue weighted by molar-refractivity contribution is -0.115. The molecule has 0 heterocycles. The highest BCUT2D eigenvalue weighted by Crippen LogP contribution is 2.30. The highest BCUT2D eigenvalue weighted by molar-refractivity contribution is 7.92. The molecular weight excluding hydrogens is 378 g/mol. The fourth-order valence-corrected chi connectivity index (χ4v) is 4.81. The second-order valence-corrected chi connectivity index (χ2v) is 8.65. The van der Waals surface area contributed by atoms with Gasteiger partial charge in [0.1, 0.15) is 11.5 Å². The third-order valence-corrected chi connectivity index (χ3v) is 7.10. The van der Waals surface area contributed by atoms with Crippen LogP contribution in [0.25, 0.3) is 0 Å². The van der Waals surface area contributed by atoms with Crippen LogP contribution in [0.2, 0.25) is 0 Å². The van der Waals surface area contributed by atoms with Crippen LogP contribution in [-0.2, 0) is 21.1 Å². The molecule has 0 radical (unpaired) electrons. The van der Waals surface area contributed by atoms with Crippen LogP contribution in [0.3, 0.4) is 0 Å². The van der Waals surface area contributed by atoms with E-state index < -0.39 is 15.1 Å². The number of nitrogens with one attached hydrogen (secondary N) is 1. The van der Waals surface area contributed by atoms with Gasteiger partial charge in [-0.2, -0.15) is 0 Å². The monoisotopic (exact) mass is 405 g/mol. The lowest BCUT2D eigenvalue weighted by Crippen LogP contribution is -2.20. The Kier molecular flexibility index (Phi) is 7.45. The fourth-order valence-electron chi connectivity index (χ4n) is 3.00. The normalized spacial score (nSPS) is 11.3. The highest BCUT2D eigenvalue weighted by atomic mass is 32.2. The van der Waals surface area contributed by atoms with Crippen molar-refractivity contribution in [2.24, 2.45) is 0 Å². The lowest BCUT2D eigenvalue weighted by atomic mass is 10.1. The standard InChI is InChI=1S/C21H27NO5S/c1-5-17(6-2)28(24,25)18-11-12-20(27-4)19(14-18)22-21(23)13-15-7-9-16(26-3)10-8-15/h7-12,14,17H,5-6,13H2,1-4H3,(H,22,23). The quantitative estimate of drug-likeness (QED) is 0.685. The van der Waals surface area contributed by atoms with Gasteiger partial charge in [0.2, 0.25) is 5.91 Å². The van der Waals surface area contributed by atoms with Crippen LogP contribution in [0.15, 0.2) is 47.4 Å². The number of hydrogen-bond acceptors (Lipinski definition) is 5. The second-order valence-electron chi connectivity index (χ2n) is 6.42. The maximum absolute atomic E-state index is 12.8. The molecule has 2 aromatic rings. The molecule has 2 rings (SSSR count). The minimum absolute atomic E-state index is 0.149. The molecule has 6 nitrogen and oxygen atoms in total. The number of amides is 1. The van der Waals surface area contributed by atoms with E-state index in [1.807, 2.05) is 26.0 Å². The largest absolute Gasteiger partial charge is 0.497 e. The minimum atomic E-state index is -3.47. The van der Waals surface area contributed by atoms with E-state index in [1.165, 1.54) is 19.2 Å². The predicted octanol–water partition coefficient (Wildman–Crippen LogP) is 3.85. The first-order valence-electron chi connectivity index (χ1n) is 9.20. The van der Waals surface area contributed by atoms with Crippen LogP contribution in [0.4, 0.5) is 5.69 Å². The molecule has 0 fully saturated rings. The maximum Gasteiger partial charge on any atom is 0.228 e. The molecule has 0 spiro atoms. The summed E-state index contributed by atoms with van der Waals surface area (Å²) < 4.78 is 36.0. The van der Waals surface area contributed by atoms with E-state index in [4.69, 9.17) is 9.47 Å². The van der Waals surface area contributed by atoms with Gasteiger partial charge in [-0.15, -0.1) is 0 Å². The summed E-state index contributed by atoms with van der Waals surface area (Å²) in [6.07, 6.45) is 1.21. The van der Waals surface area contributed by atoms with Gasteiger partial charge in [-0.3, -0.25) is 4.79 Å². The zero-order chi connectivity index (χ0) is 20.7. The molecule has 152 valence electrons. The number of rotatable bonds is 9. The van der Waals surface area contributed by atoms with E-state index in [-0.39, 0.29) is 17.2 Å². The van der Waals surface area contributed by atoms with Gasteiger partial charge >= 0.3 is 0 Å². The molecule has 0 aliphatic carbocycles. The molecule has 0 aliphatic rings. The number of carbonyl (C=O) groups is 1. The average molecular weight is 406 g/mol. The van der Waals surface area contributed by atoms with Gasteiger partial charge in [-0.05, 0) is 48.7 Å². The third-order valence-electron chi connectivity index (χ3n) is 4.65. The zero-order valence-electron chi connectivity index (χ0n) is 16.7. The van der Waals surface area contributed by atoms with Gasteiger partial charge in [-0.1, -0.05) is 26.0 Å². The number of anilines is 1. The summed E-state index contributed by atoms with van der Waals surface area (Å²) in [6, 6.07) is 11.7. The van der Waals surface area contributed by atoms with Gasteiger partial charge in [0.15, 0.2) is 9.84 Å². The first-order chi connectivity index (χ1) is 13.3. The van der Waals surface area contributed by atoms with Crippen molar-refractivity contribution >= 4 is 21.4 Å². The molecule has 0 saturated heterocycles. The van der Waals surface area contributed by atoms with Crippen LogP contribution in [0.5, 0.6) is 11.5 Å². The van der Waals surface area contributed by atoms with E-state index in [2.05, 4.69) is 5.32 Å². The zero-order valence-corrected chi connectivity index (χ0v) is 17.5. The van der Waals surface area contributed by atoms with Gasteiger partial charge in [0.25, 0.3) is 0 Å². The summed E-state index contributed by atoms with van der Waals surface area (Å²) in [5.41, 5.74) is 1.16. The molecule has 1 amide bonds. The first-order valence-corrected chi connectivity index (χ1v) is 10.7. The summed E-state index contributed by atoms with van der Waals surface area (Å²) in [7, 11) is -0.416. The van der Waals surface area contributed by atoms with Crippen molar-refractivity contribution in [3.8, 4) is 11.5 Å². The van der Waals surface area contributed by atoms with E-state index in [9.17, 15) is 13.2 Å². The molecule has 1 N–H and O–H groups in total. The smallest absolute Gasteiger partial charge is 0.228 e. The molecule has 2 aromatic carbocycles. The Bertz CT molecular complexity index is 903. The molecule has 0 bridgehead atoms. The topological polar surface area (TPSA) is 81.7 Å². The number of methoxy groups -OCH3 is 2. The summed E-state index contributed by atoms with van der Waals surface area (Å²) >= 11 is 0. The Labute approximate surface area is 166 Å². The van der Waals surface area contributed by atoms with Crippen molar-refractivity contribution in [2.45, 2.75) is 43.3 Å². The van der Waals surface area contributed by atoms with Crippen molar-refractivity contribution in [2.75, 3.05) is 19.5 Å². The molecule has 0 atom stereocenters. The van der Waals surface area contributed by atoms with E-state index in [0.29, 0.717) is 30.0 Å². The van der Waals surface area contributed by atoms with Crippen molar-refractivity contribution in [1.82, 2.24) is 0 Å². The minimum Gasteiger partial charge on any atom is -0.497 e. The van der Waals surface area contributed by atoms with Crippen molar-refractivity contribution in [1.29, 1.82) is 0 Å². The number of hydrogen-bond donors (Lipinski definition) is 1. The molecule has 0 aliphatic heterocycles. The predicted molar refractivity (Wildman–Crippen MR) is 110 cm³/mol. The van der Waals surface area contributed by atoms with Crippen molar-refractivity contribution in [3.63, 3.8) is 0 Å². The Morgan fingerprint density at radius 3 is 2.18 bits per heavy atom. The van der Waals surface area contributed by atoms with Crippen LogP contribution in [0.1, 0.15) is 32.3 Å². The number of ether oxygens (including phenoxy) is 2. The fraction of sp³-hybridized carbons (Fsp3) is 0.381. The Hall–Kier alpha value is -2.54. The number of carbonyl (C=O) groups excluding carboxylic acids is 1. The first kappa shape index (κ1) is 21.8. The van der Waals surface area contributed by atoms with Crippen LogP contribution < -0.4 is 14.8 Å². The summed E-state index contributed by atoms with van der Waals surface area (Å²) in [5, 5.41) is 2.31. The summed E-state index contributed by atoms with van der Waals surface area (Å²) in [4.78, 5) is 12.6. The van der Waals surface area contributed by atoms with Crippen LogP contribution in [-0.4, -0.2) is 33.8 Å². The SMILES string of the molecule is CCC(CC)S(=O)(=O)c1ccc(OC)c(NC(=O)Cc2ccc(OC)cc2)c1. The Balaban J connectivity index is 2.24. The van der Waals surface area contributed by atoms with Gasteiger partial charge in [-0.25, -0.2) is 8.42 Å².